The fourth-order valence-corrected chi connectivity index (χ4v) is 4.86. The molecule has 8 heteroatoms. The molecule has 1 atom stereocenters. The third-order valence-electron chi connectivity index (χ3n) is 6.98. The summed E-state index contributed by atoms with van der Waals surface area (Å²) < 4.78 is 11.6. The van der Waals surface area contributed by atoms with Gasteiger partial charge in [-0.15, -0.1) is 0 Å². The number of aromatic nitrogens is 2. The summed E-state index contributed by atoms with van der Waals surface area (Å²) in [7, 11) is 1.68. The monoisotopic (exact) mass is 469 g/mol. The van der Waals surface area contributed by atoms with Gasteiger partial charge in [0.05, 0.1) is 18.9 Å². The Balaban J connectivity index is 1.24. The fraction of sp³-hybridized carbons (Fsp3) is 0.615. The Bertz CT molecular complexity index is 891. The summed E-state index contributed by atoms with van der Waals surface area (Å²) in [5.74, 6) is 3.18. The van der Waals surface area contributed by atoms with E-state index in [1.54, 1.807) is 25.7 Å². The van der Waals surface area contributed by atoms with Crippen molar-refractivity contribution in [3.8, 4) is 11.5 Å². The van der Waals surface area contributed by atoms with E-state index in [0.29, 0.717) is 26.2 Å². The average molecular weight is 470 g/mol. The fourth-order valence-electron chi connectivity index (χ4n) is 4.86. The average Bonchev–Trinajstić information content (AvgIpc) is 2.86. The topological polar surface area (TPSA) is 83.0 Å². The zero-order chi connectivity index (χ0) is 23.8. The molecular weight excluding hydrogens is 430 g/mol. The van der Waals surface area contributed by atoms with Crippen LogP contribution in [0.1, 0.15) is 38.2 Å². The second kappa shape index (κ2) is 11.8. The SMILES string of the molecule is COc1cc(CNC[C@]2(O)CCCN(c3cnccn3)C2)ccc1OCCN1CCC(C)CC1. The van der Waals surface area contributed by atoms with Gasteiger partial charge in [-0.05, 0) is 62.4 Å². The normalized spacial score (nSPS) is 22.0. The van der Waals surface area contributed by atoms with Gasteiger partial charge < -0.3 is 24.8 Å². The highest BCUT2D eigenvalue weighted by molar-refractivity contribution is 5.43. The number of nitrogens with zero attached hydrogens (tertiary/aromatic N) is 4. The number of anilines is 1. The van der Waals surface area contributed by atoms with Crippen LogP contribution in [-0.4, -0.2) is 78.6 Å². The van der Waals surface area contributed by atoms with Gasteiger partial charge in [-0.25, -0.2) is 4.98 Å². The van der Waals surface area contributed by atoms with Crippen LogP contribution in [0.3, 0.4) is 0 Å². The standard InChI is InChI=1S/C26H39N5O3/c1-21-6-12-30(13-7-21)14-15-34-23-5-4-22(16-24(23)33-2)17-28-19-26(32)8-3-11-31(20-26)25-18-27-9-10-29-25/h4-5,9-10,16,18,21,28,32H,3,6-8,11-15,17,19-20H2,1-2H3/t26-/m1/s1. The quantitative estimate of drug-likeness (QED) is 0.550. The predicted octanol–water partition coefficient (Wildman–Crippen LogP) is 2.72. The number of ether oxygens (including phenoxy) is 2. The maximum Gasteiger partial charge on any atom is 0.161 e. The van der Waals surface area contributed by atoms with Gasteiger partial charge in [0.1, 0.15) is 12.4 Å². The highest BCUT2D eigenvalue weighted by Crippen LogP contribution is 2.29. The Hall–Kier alpha value is -2.42. The molecule has 0 saturated carbocycles. The lowest BCUT2D eigenvalue weighted by Crippen LogP contribution is -2.53. The van der Waals surface area contributed by atoms with Gasteiger partial charge in [0, 0.05) is 45.1 Å². The number of likely N-dealkylation sites (tertiary alicyclic amines) is 1. The van der Waals surface area contributed by atoms with E-state index in [1.165, 1.54) is 12.8 Å². The minimum absolute atomic E-state index is 0.513. The van der Waals surface area contributed by atoms with E-state index in [0.717, 1.165) is 67.8 Å². The number of benzene rings is 1. The lowest BCUT2D eigenvalue weighted by molar-refractivity contribution is 0.0258. The molecule has 0 unspecified atom stereocenters. The van der Waals surface area contributed by atoms with Gasteiger partial charge >= 0.3 is 0 Å². The minimum Gasteiger partial charge on any atom is -0.493 e. The van der Waals surface area contributed by atoms with Crippen molar-refractivity contribution < 1.29 is 14.6 Å². The second-order valence-corrected chi connectivity index (χ2v) is 9.77. The third-order valence-corrected chi connectivity index (χ3v) is 6.98. The summed E-state index contributed by atoms with van der Waals surface area (Å²) in [5.41, 5.74) is 0.300. The number of hydrogen-bond donors (Lipinski definition) is 2. The Morgan fingerprint density at radius 2 is 2.03 bits per heavy atom. The Labute approximate surface area is 203 Å². The van der Waals surface area contributed by atoms with E-state index in [1.807, 2.05) is 12.1 Å². The molecule has 0 aliphatic carbocycles. The van der Waals surface area contributed by atoms with Gasteiger partial charge in [-0.2, -0.15) is 0 Å². The number of rotatable bonds is 10. The van der Waals surface area contributed by atoms with E-state index >= 15 is 0 Å². The van der Waals surface area contributed by atoms with Crippen molar-refractivity contribution in [2.45, 2.75) is 44.8 Å². The van der Waals surface area contributed by atoms with Crippen molar-refractivity contribution in [1.29, 1.82) is 0 Å². The zero-order valence-corrected chi connectivity index (χ0v) is 20.6. The van der Waals surface area contributed by atoms with Gasteiger partial charge in [-0.1, -0.05) is 13.0 Å². The molecule has 2 aromatic rings. The van der Waals surface area contributed by atoms with E-state index in [4.69, 9.17) is 9.47 Å². The second-order valence-electron chi connectivity index (χ2n) is 9.77. The maximum absolute atomic E-state index is 11.1. The third kappa shape index (κ3) is 6.81. The van der Waals surface area contributed by atoms with E-state index in [9.17, 15) is 5.11 Å². The molecule has 2 aliphatic heterocycles. The van der Waals surface area contributed by atoms with E-state index in [-0.39, 0.29) is 0 Å². The van der Waals surface area contributed by atoms with Gasteiger partial charge in [0.2, 0.25) is 0 Å². The van der Waals surface area contributed by atoms with Gasteiger partial charge in [-0.3, -0.25) is 9.88 Å². The first-order chi connectivity index (χ1) is 16.5. The number of aliphatic hydroxyl groups is 1. The van der Waals surface area contributed by atoms with Crippen LogP contribution in [-0.2, 0) is 6.54 Å². The summed E-state index contributed by atoms with van der Waals surface area (Å²) in [6, 6.07) is 6.06. The lowest BCUT2D eigenvalue weighted by Gasteiger charge is -2.39. The molecule has 4 rings (SSSR count). The molecule has 186 valence electrons. The van der Waals surface area contributed by atoms with Crippen LogP contribution in [0.25, 0.3) is 0 Å². The first-order valence-corrected chi connectivity index (χ1v) is 12.5. The van der Waals surface area contributed by atoms with Crippen LogP contribution in [0.4, 0.5) is 5.82 Å². The van der Waals surface area contributed by atoms with Crippen LogP contribution in [0.15, 0.2) is 36.8 Å². The number of nitrogens with one attached hydrogen (secondary N) is 1. The number of piperidine rings is 2. The molecule has 8 nitrogen and oxygen atoms in total. The molecule has 1 aromatic heterocycles. The Morgan fingerprint density at radius 3 is 2.79 bits per heavy atom. The predicted molar refractivity (Wildman–Crippen MR) is 133 cm³/mol. The molecule has 34 heavy (non-hydrogen) atoms. The minimum atomic E-state index is -0.796. The lowest BCUT2D eigenvalue weighted by atomic mass is 9.92. The first-order valence-electron chi connectivity index (χ1n) is 12.5. The molecular formula is C26H39N5O3. The molecule has 0 radical (unpaired) electrons. The molecule has 2 N–H and O–H groups in total. The van der Waals surface area contributed by atoms with Crippen LogP contribution < -0.4 is 19.7 Å². The summed E-state index contributed by atoms with van der Waals surface area (Å²) >= 11 is 0. The summed E-state index contributed by atoms with van der Waals surface area (Å²) in [4.78, 5) is 13.1. The zero-order valence-electron chi connectivity index (χ0n) is 20.6. The summed E-state index contributed by atoms with van der Waals surface area (Å²) in [6.07, 6.45) is 9.35. The first kappa shape index (κ1) is 24.7. The number of methoxy groups -OCH3 is 1. The van der Waals surface area contributed by atoms with Crippen molar-refractivity contribution in [3.63, 3.8) is 0 Å². The van der Waals surface area contributed by atoms with Crippen LogP contribution in [0, 0.1) is 5.92 Å². The van der Waals surface area contributed by atoms with Crippen molar-refractivity contribution in [3.05, 3.63) is 42.4 Å². The van der Waals surface area contributed by atoms with E-state index in [2.05, 4.69) is 38.1 Å². The maximum atomic E-state index is 11.1. The van der Waals surface area contributed by atoms with Crippen LogP contribution >= 0.6 is 0 Å². The molecule has 1 aromatic carbocycles. The van der Waals surface area contributed by atoms with Crippen molar-refractivity contribution in [1.82, 2.24) is 20.2 Å². The van der Waals surface area contributed by atoms with Gasteiger partial charge in [0.25, 0.3) is 0 Å². The molecule has 3 heterocycles. The molecule has 0 spiro atoms. The molecule has 2 saturated heterocycles. The Morgan fingerprint density at radius 1 is 1.18 bits per heavy atom. The molecule has 2 aliphatic rings. The van der Waals surface area contributed by atoms with Crippen LogP contribution in [0.5, 0.6) is 11.5 Å². The van der Waals surface area contributed by atoms with Crippen molar-refractivity contribution >= 4 is 5.82 Å². The van der Waals surface area contributed by atoms with E-state index < -0.39 is 5.60 Å². The smallest absolute Gasteiger partial charge is 0.161 e. The molecule has 2 fully saturated rings. The highest BCUT2D eigenvalue weighted by atomic mass is 16.5. The highest BCUT2D eigenvalue weighted by Gasteiger charge is 2.33. The Kier molecular flexibility index (Phi) is 8.59. The van der Waals surface area contributed by atoms with Gasteiger partial charge in [0.15, 0.2) is 11.5 Å². The molecule has 0 amide bonds. The number of hydrogen-bond acceptors (Lipinski definition) is 8. The summed E-state index contributed by atoms with van der Waals surface area (Å²) in [6.45, 7) is 8.86. The largest absolute Gasteiger partial charge is 0.493 e. The number of β-amino-alcohol motifs (C(OH)–C–C–N with tert-alkyl or cyclic N) is 1. The molecule has 0 bridgehead atoms. The summed E-state index contributed by atoms with van der Waals surface area (Å²) in [5, 5.41) is 14.6. The van der Waals surface area contributed by atoms with Crippen molar-refractivity contribution in [2.24, 2.45) is 5.92 Å². The van der Waals surface area contributed by atoms with Crippen molar-refractivity contribution in [2.75, 3.05) is 57.9 Å². The van der Waals surface area contributed by atoms with Crippen LogP contribution in [0.2, 0.25) is 0 Å².